The molecule has 0 saturated carbocycles. The van der Waals surface area contributed by atoms with Crippen molar-refractivity contribution in [1.82, 2.24) is 14.4 Å². The Morgan fingerprint density at radius 2 is 1.75 bits per heavy atom. The van der Waals surface area contributed by atoms with E-state index in [1.807, 2.05) is 22.9 Å². The summed E-state index contributed by atoms with van der Waals surface area (Å²) < 4.78 is 12.6. The minimum Gasteiger partial charge on any atom is -0.496 e. The molecule has 1 aliphatic heterocycles. The average Bonchev–Trinajstić information content (AvgIpc) is 3.35. The normalized spacial score (nSPS) is 12.8. The summed E-state index contributed by atoms with van der Waals surface area (Å²) in [5.74, 6) is 2.66. The van der Waals surface area contributed by atoms with Crippen LogP contribution in [0.25, 0.3) is 17.0 Å². The first-order chi connectivity index (χ1) is 12.7. The quantitative estimate of drug-likeness (QED) is 0.527. The number of rotatable bonds is 4. The summed E-state index contributed by atoms with van der Waals surface area (Å²) in [5.41, 5.74) is 1.87. The summed E-state index contributed by atoms with van der Waals surface area (Å²) in [5, 5.41) is 9.37. The lowest BCUT2D eigenvalue weighted by molar-refractivity contribution is 0.394. The molecule has 0 aliphatic carbocycles. The van der Waals surface area contributed by atoms with Gasteiger partial charge < -0.3 is 14.4 Å². The van der Waals surface area contributed by atoms with Gasteiger partial charge in [-0.1, -0.05) is 0 Å². The van der Waals surface area contributed by atoms with Gasteiger partial charge in [0.2, 0.25) is 5.78 Å². The third-order valence-electron chi connectivity index (χ3n) is 4.66. The van der Waals surface area contributed by atoms with Crippen molar-refractivity contribution < 1.29 is 9.47 Å². The first-order valence-electron chi connectivity index (χ1n) is 8.50. The van der Waals surface area contributed by atoms with E-state index in [4.69, 9.17) is 9.47 Å². The van der Waals surface area contributed by atoms with Gasteiger partial charge in [-0.15, -0.1) is 34.0 Å². The maximum absolute atomic E-state index is 9.37. The number of nitriles is 1. The lowest BCUT2D eigenvalue weighted by Gasteiger charge is -2.15. The maximum atomic E-state index is 9.37. The molecule has 0 amide bonds. The minimum atomic E-state index is 0. The number of hydrogen-bond donors (Lipinski definition) is 0. The lowest BCUT2D eigenvalue weighted by Crippen LogP contribution is -2.19. The van der Waals surface area contributed by atoms with Gasteiger partial charge in [-0.3, -0.25) is 4.40 Å². The van der Waals surface area contributed by atoms with Gasteiger partial charge in [0.15, 0.2) is 0 Å². The van der Waals surface area contributed by atoms with Gasteiger partial charge in [-0.05, 0) is 25.0 Å². The molecule has 0 unspecified atom stereocenters. The SMILES string of the molecule is Br.Br.COc1cc(OC)c(-c2cn3ccc(N4CCCC4)nc3n2)cc1C#N. The summed E-state index contributed by atoms with van der Waals surface area (Å²) in [6, 6.07) is 7.61. The second kappa shape index (κ2) is 9.26. The molecule has 7 nitrogen and oxygen atoms in total. The van der Waals surface area contributed by atoms with Crippen molar-refractivity contribution in [2.24, 2.45) is 0 Å². The Balaban J connectivity index is 0.00000140. The molecule has 3 heterocycles. The fourth-order valence-corrected chi connectivity index (χ4v) is 3.30. The number of halogens is 2. The van der Waals surface area contributed by atoms with Gasteiger partial charge >= 0.3 is 0 Å². The third kappa shape index (κ3) is 3.93. The van der Waals surface area contributed by atoms with Crippen LogP contribution in [0.4, 0.5) is 5.82 Å². The highest BCUT2D eigenvalue weighted by Crippen LogP contribution is 2.35. The molecular formula is C19H21Br2N5O2. The largest absolute Gasteiger partial charge is 0.496 e. The van der Waals surface area contributed by atoms with E-state index in [1.54, 1.807) is 19.2 Å². The van der Waals surface area contributed by atoms with Gasteiger partial charge in [-0.2, -0.15) is 10.2 Å². The summed E-state index contributed by atoms with van der Waals surface area (Å²) in [7, 11) is 3.12. The van der Waals surface area contributed by atoms with Gasteiger partial charge in [0.1, 0.15) is 23.4 Å². The number of benzene rings is 1. The van der Waals surface area contributed by atoms with Crippen LogP contribution in [0, 0.1) is 11.3 Å². The average molecular weight is 511 g/mol. The Morgan fingerprint density at radius 1 is 1.04 bits per heavy atom. The predicted octanol–water partition coefficient (Wildman–Crippen LogP) is 4.04. The number of anilines is 1. The Labute approximate surface area is 184 Å². The molecule has 9 heteroatoms. The molecule has 0 spiro atoms. The number of aromatic nitrogens is 3. The van der Waals surface area contributed by atoms with Gasteiger partial charge in [0.05, 0.1) is 25.5 Å². The predicted molar refractivity (Wildman–Crippen MR) is 118 cm³/mol. The van der Waals surface area contributed by atoms with E-state index in [9.17, 15) is 5.26 Å². The first kappa shape index (κ1) is 22.0. The molecule has 1 saturated heterocycles. The van der Waals surface area contributed by atoms with Crippen LogP contribution in [0.5, 0.6) is 11.5 Å². The van der Waals surface area contributed by atoms with Gasteiger partial charge in [0, 0.05) is 37.1 Å². The van der Waals surface area contributed by atoms with Crippen molar-refractivity contribution >= 4 is 45.6 Å². The number of ether oxygens (including phenoxy) is 2. The van der Waals surface area contributed by atoms with Crippen molar-refractivity contribution in [3.63, 3.8) is 0 Å². The highest BCUT2D eigenvalue weighted by molar-refractivity contribution is 8.93. The Bertz CT molecular complexity index is 1010. The van der Waals surface area contributed by atoms with Crippen LogP contribution in [0.3, 0.4) is 0 Å². The van der Waals surface area contributed by atoms with E-state index in [-0.39, 0.29) is 34.0 Å². The molecule has 28 heavy (non-hydrogen) atoms. The fraction of sp³-hybridized carbons (Fsp3) is 0.316. The molecule has 1 aromatic carbocycles. The number of nitrogens with zero attached hydrogens (tertiary/aromatic N) is 5. The van der Waals surface area contributed by atoms with E-state index in [1.165, 1.54) is 20.0 Å². The first-order valence-corrected chi connectivity index (χ1v) is 8.50. The van der Waals surface area contributed by atoms with Crippen LogP contribution in [-0.4, -0.2) is 41.7 Å². The van der Waals surface area contributed by atoms with Crippen molar-refractivity contribution in [1.29, 1.82) is 5.26 Å². The Hall–Kier alpha value is -2.31. The van der Waals surface area contributed by atoms with Crippen molar-refractivity contribution in [3.05, 3.63) is 36.2 Å². The van der Waals surface area contributed by atoms with Crippen LogP contribution in [0.1, 0.15) is 18.4 Å². The molecule has 148 valence electrons. The molecule has 0 bridgehead atoms. The smallest absolute Gasteiger partial charge is 0.236 e. The number of methoxy groups -OCH3 is 2. The molecule has 3 aromatic rings. The second-order valence-corrected chi connectivity index (χ2v) is 6.18. The van der Waals surface area contributed by atoms with E-state index in [0.717, 1.165) is 24.5 Å². The van der Waals surface area contributed by atoms with Crippen LogP contribution in [-0.2, 0) is 0 Å². The summed E-state index contributed by atoms with van der Waals surface area (Å²) >= 11 is 0. The van der Waals surface area contributed by atoms with Crippen LogP contribution >= 0.6 is 34.0 Å². The van der Waals surface area contributed by atoms with Crippen molar-refractivity contribution in [3.8, 4) is 28.8 Å². The molecule has 1 aliphatic rings. The summed E-state index contributed by atoms with van der Waals surface area (Å²) in [6.07, 6.45) is 6.26. The molecule has 0 radical (unpaired) electrons. The van der Waals surface area contributed by atoms with E-state index < -0.39 is 0 Å². The highest BCUT2D eigenvalue weighted by Gasteiger charge is 2.17. The van der Waals surface area contributed by atoms with E-state index >= 15 is 0 Å². The second-order valence-electron chi connectivity index (χ2n) is 6.18. The zero-order chi connectivity index (χ0) is 18.1. The summed E-state index contributed by atoms with van der Waals surface area (Å²) in [4.78, 5) is 11.6. The van der Waals surface area contributed by atoms with Crippen LogP contribution in [0.15, 0.2) is 30.6 Å². The fourth-order valence-electron chi connectivity index (χ4n) is 3.30. The van der Waals surface area contributed by atoms with Gasteiger partial charge in [0.25, 0.3) is 0 Å². The topological polar surface area (TPSA) is 75.7 Å². The number of hydrogen-bond acceptors (Lipinski definition) is 6. The molecule has 0 N–H and O–H groups in total. The van der Waals surface area contributed by atoms with Crippen molar-refractivity contribution in [2.45, 2.75) is 12.8 Å². The monoisotopic (exact) mass is 509 g/mol. The number of fused-ring (bicyclic) bond motifs is 1. The third-order valence-corrected chi connectivity index (χ3v) is 4.66. The highest BCUT2D eigenvalue weighted by atomic mass is 79.9. The van der Waals surface area contributed by atoms with E-state index in [0.29, 0.717) is 28.5 Å². The zero-order valence-electron chi connectivity index (χ0n) is 15.6. The molecular weight excluding hydrogens is 490 g/mol. The van der Waals surface area contributed by atoms with E-state index in [2.05, 4.69) is 20.9 Å². The van der Waals surface area contributed by atoms with Crippen LogP contribution in [0.2, 0.25) is 0 Å². The zero-order valence-corrected chi connectivity index (χ0v) is 19.0. The lowest BCUT2D eigenvalue weighted by atomic mass is 10.1. The Kier molecular flexibility index (Phi) is 7.27. The molecule has 1 fully saturated rings. The Morgan fingerprint density at radius 3 is 2.39 bits per heavy atom. The van der Waals surface area contributed by atoms with Crippen LogP contribution < -0.4 is 14.4 Å². The minimum absolute atomic E-state index is 0. The standard InChI is InChI=1S/C19H19N5O2.2BrH/c1-25-16-10-17(26-2)14(9-13(16)11-20)15-12-24-8-5-18(22-19(24)21-15)23-6-3-4-7-23;;/h5,8-10,12H,3-4,6-7H2,1-2H3;2*1H. The van der Waals surface area contributed by atoms with Gasteiger partial charge in [-0.25, -0.2) is 4.98 Å². The number of imidazole rings is 1. The maximum Gasteiger partial charge on any atom is 0.236 e. The molecule has 0 atom stereocenters. The molecule has 4 rings (SSSR count). The summed E-state index contributed by atoms with van der Waals surface area (Å²) in [6.45, 7) is 2.07. The van der Waals surface area contributed by atoms with Crippen molar-refractivity contribution in [2.75, 3.05) is 32.2 Å². The molecule has 2 aromatic heterocycles.